The molecule has 3 nitrogen and oxygen atoms in total. The molecule has 1 aliphatic heterocycles. The highest BCUT2D eigenvalue weighted by molar-refractivity contribution is 5.76. The van der Waals surface area contributed by atoms with Crippen molar-refractivity contribution in [3.8, 4) is 0 Å². The third kappa shape index (κ3) is 2.71. The van der Waals surface area contributed by atoms with Crippen LogP contribution in [0.15, 0.2) is 0 Å². The van der Waals surface area contributed by atoms with Gasteiger partial charge in [-0.1, -0.05) is 20.8 Å². The number of amides is 1. The summed E-state index contributed by atoms with van der Waals surface area (Å²) in [7, 11) is 0. The third-order valence-electron chi connectivity index (χ3n) is 3.13. The predicted molar refractivity (Wildman–Crippen MR) is 55.6 cm³/mol. The van der Waals surface area contributed by atoms with Crippen molar-refractivity contribution in [3.05, 3.63) is 0 Å². The average molecular weight is 199 g/mol. The van der Waals surface area contributed by atoms with E-state index < -0.39 is 0 Å². The van der Waals surface area contributed by atoms with Crippen LogP contribution >= 0.6 is 0 Å². The molecule has 0 aromatic heterocycles. The molecule has 1 atom stereocenters. The molecule has 0 saturated carbocycles. The zero-order chi connectivity index (χ0) is 10.8. The summed E-state index contributed by atoms with van der Waals surface area (Å²) in [5.41, 5.74) is 0.220. The van der Waals surface area contributed by atoms with Crippen molar-refractivity contribution < 1.29 is 9.90 Å². The van der Waals surface area contributed by atoms with Crippen molar-refractivity contribution in [1.82, 2.24) is 4.90 Å². The lowest BCUT2D eigenvalue weighted by Gasteiger charge is -2.32. The standard InChI is InChI=1S/C11H21NO2/c1-11(2,3)9-5-4-6-10(14)12(7-9)8-13/h9,13H,4-8H2,1-3H3. The maximum atomic E-state index is 11.5. The Hall–Kier alpha value is -0.570. The molecule has 82 valence electrons. The quantitative estimate of drug-likeness (QED) is 0.697. The molecule has 0 aromatic carbocycles. The molecule has 0 spiro atoms. The van der Waals surface area contributed by atoms with E-state index in [-0.39, 0.29) is 18.1 Å². The number of nitrogens with zero attached hydrogens (tertiary/aromatic N) is 1. The second kappa shape index (κ2) is 4.30. The average Bonchev–Trinajstić information content (AvgIpc) is 2.25. The van der Waals surface area contributed by atoms with E-state index in [0.717, 1.165) is 12.8 Å². The van der Waals surface area contributed by atoms with Crippen LogP contribution in [-0.4, -0.2) is 29.2 Å². The van der Waals surface area contributed by atoms with E-state index in [9.17, 15) is 4.79 Å². The summed E-state index contributed by atoms with van der Waals surface area (Å²) in [4.78, 5) is 13.1. The minimum absolute atomic E-state index is 0.0965. The molecule has 1 amide bonds. The summed E-state index contributed by atoms with van der Waals surface area (Å²) in [6, 6.07) is 0. The van der Waals surface area contributed by atoms with Crippen molar-refractivity contribution in [2.45, 2.75) is 40.0 Å². The lowest BCUT2D eigenvalue weighted by Crippen LogP contribution is -2.37. The summed E-state index contributed by atoms with van der Waals surface area (Å²) in [5.74, 6) is 0.598. The van der Waals surface area contributed by atoms with E-state index in [4.69, 9.17) is 5.11 Å². The largest absolute Gasteiger partial charge is 0.376 e. The normalized spacial score (nSPS) is 25.0. The maximum absolute atomic E-state index is 11.5. The summed E-state index contributed by atoms with van der Waals surface area (Å²) < 4.78 is 0. The molecule has 0 bridgehead atoms. The summed E-state index contributed by atoms with van der Waals surface area (Å²) >= 11 is 0. The van der Waals surface area contributed by atoms with E-state index >= 15 is 0 Å². The van der Waals surface area contributed by atoms with Crippen LogP contribution in [0.2, 0.25) is 0 Å². The number of hydrogen-bond donors (Lipinski definition) is 1. The number of carbonyl (C=O) groups excluding carboxylic acids is 1. The second-order valence-corrected chi connectivity index (χ2v) is 5.21. The number of carbonyl (C=O) groups is 1. The molecule has 0 aliphatic carbocycles. The van der Waals surface area contributed by atoms with Gasteiger partial charge in [-0.25, -0.2) is 0 Å². The fraction of sp³-hybridized carbons (Fsp3) is 0.909. The van der Waals surface area contributed by atoms with Crippen LogP contribution in [-0.2, 0) is 4.79 Å². The molecule has 14 heavy (non-hydrogen) atoms. The molecule has 1 aliphatic rings. The van der Waals surface area contributed by atoms with Crippen molar-refractivity contribution in [2.24, 2.45) is 11.3 Å². The molecular formula is C11H21NO2. The van der Waals surface area contributed by atoms with E-state index in [1.54, 1.807) is 4.90 Å². The molecular weight excluding hydrogens is 178 g/mol. The monoisotopic (exact) mass is 199 g/mol. The van der Waals surface area contributed by atoms with Gasteiger partial charge >= 0.3 is 0 Å². The van der Waals surface area contributed by atoms with Gasteiger partial charge in [-0.05, 0) is 24.2 Å². The van der Waals surface area contributed by atoms with Gasteiger partial charge in [0.25, 0.3) is 0 Å². The lowest BCUT2D eigenvalue weighted by molar-refractivity contribution is -0.135. The number of rotatable bonds is 1. The van der Waals surface area contributed by atoms with Gasteiger partial charge in [-0.15, -0.1) is 0 Å². The molecule has 0 aromatic rings. The van der Waals surface area contributed by atoms with Crippen molar-refractivity contribution in [3.63, 3.8) is 0 Å². The van der Waals surface area contributed by atoms with E-state index in [1.165, 1.54) is 0 Å². The second-order valence-electron chi connectivity index (χ2n) is 5.21. The van der Waals surface area contributed by atoms with Gasteiger partial charge in [-0.2, -0.15) is 0 Å². The molecule has 1 saturated heterocycles. The fourth-order valence-electron chi connectivity index (χ4n) is 1.96. The fourth-order valence-corrected chi connectivity index (χ4v) is 1.96. The molecule has 1 N–H and O–H groups in total. The Kier molecular flexibility index (Phi) is 3.53. The summed E-state index contributed by atoms with van der Waals surface area (Å²) in [6.45, 7) is 7.17. The Bertz CT molecular complexity index is 208. The van der Waals surface area contributed by atoms with Gasteiger partial charge < -0.3 is 10.0 Å². The van der Waals surface area contributed by atoms with Crippen molar-refractivity contribution >= 4 is 5.91 Å². The Morgan fingerprint density at radius 3 is 2.64 bits per heavy atom. The zero-order valence-electron chi connectivity index (χ0n) is 9.42. The molecule has 1 unspecified atom stereocenters. The first-order chi connectivity index (χ1) is 6.45. The van der Waals surface area contributed by atoms with Crippen LogP contribution in [0.3, 0.4) is 0 Å². The summed E-state index contributed by atoms with van der Waals surface area (Å²) in [6.07, 6.45) is 2.64. The molecule has 1 fully saturated rings. The van der Waals surface area contributed by atoms with Gasteiger partial charge in [0.1, 0.15) is 6.73 Å². The van der Waals surface area contributed by atoms with Gasteiger partial charge in [-0.3, -0.25) is 4.79 Å². The number of likely N-dealkylation sites (tertiary alicyclic amines) is 1. The Morgan fingerprint density at radius 1 is 1.50 bits per heavy atom. The minimum atomic E-state index is -0.134. The number of aliphatic hydroxyl groups is 1. The van der Waals surface area contributed by atoms with E-state index in [0.29, 0.717) is 18.9 Å². The minimum Gasteiger partial charge on any atom is -0.376 e. The first kappa shape index (κ1) is 11.5. The highest BCUT2D eigenvalue weighted by atomic mass is 16.3. The van der Waals surface area contributed by atoms with Crippen molar-refractivity contribution in [1.29, 1.82) is 0 Å². The van der Waals surface area contributed by atoms with Crippen LogP contribution in [0, 0.1) is 11.3 Å². The highest BCUT2D eigenvalue weighted by Crippen LogP contribution is 2.32. The smallest absolute Gasteiger partial charge is 0.224 e. The van der Waals surface area contributed by atoms with Gasteiger partial charge in [0.15, 0.2) is 0 Å². The first-order valence-corrected chi connectivity index (χ1v) is 5.34. The maximum Gasteiger partial charge on any atom is 0.224 e. The Labute approximate surface area is 86.1 Å². The highest BCUT2D eigenvalue weighted by Gasteiger charge is 2.30. The van der Waals surface area contributed by atoms with Crippen LogP contribution in [0.5, 0.6) is 0 Å². The molecule has 0 radical (unpaired) electrons. The van der Waals surface area contributed by atoms with Gasteiger partial charge in [0.05, 0.1) is 0 Å². The first-order valence-electron chi connectivity index (χ1n) is 5.34. The van der Waals surface area contributed by atoms with Crippen LogP contribution in [0.25, 0.3) is 0 Å². The van der Waals surface area contributed by atoms with E-state index in [1.807, 2.05) is 0 Å². The Balaban J connectivity index is 2.68. The lowest BCUT2D eigenvalue weighted by atomic mass is 9.78. The summed E-state index contributed by atoms with van der Waals surface area (Å²) in [5, 5.41) is 9.08. The Morgan fingerprint density at radius 2 is 2.14 bits per heavy atom. The van der Waals surface area contributed by atoms with Crippen molar-refractivity contribution in [2.75, 3.05) is 13.3 Å². The predicted octanol–water partition coefficient (Wildman–Crippen LogP) is 1.61. The van der Waals surface area contributed by atoms with E-state index in [2.05, 4.69) is 20.8 Å². The molecule has 3 heteroatoms. The molecule has 1 rings (SSSR count). The van der Waals surface area contributed by atoms with Crippen LogP contribution in [0.4, 0.5) is 0 Å². The molecule has 1 heterocycles. The number of hydrogen-bond acceptors (Lipinski definition) is 2. The topological polar surface area (TPSA) is 40.5 Å². The number of aliphatic hydroxyl groups excluding tert-OH is 1. The zero-order valence-corrected chi connectivity index (χ0v) is 9.42. The SMILES string of the molecule is CC(C)(C)C1CCCC(=O)N(CO)C1. The van der Waals surface area contributed by atoms with Gasteiger partial charge in [0.2, 0.25) is 5.91 Å². The van der Waals surface area contributed by atoms with Gasteiger partial charge in [0, 0.05) is 13.0 Å². The van der Waals surface area contributed by atoms with Crippen LogP contribution < -0.4 is 0 Å². The third-order valence-corrected chi connectivity index (χ3v) is 3.13. The van der Waals surface area contributed by atoms with Crippen LogP contribution in [0.1, 0.15) is 40.0 Å².